The molecule has 2 aromatic carbocycles. The molecule has 0 N–H and O–H groups in total. The van der Waals surface area contributed by atoms with Crippen LogP contribution >= 0.6 is 11.8 Å². The number of amides is 2. The van der Waals surface area contributed by atoms with Gasteiger partial charge < -0.3 is 0 Å². The number of carbonyl (C=O) groups excluding carboxylic acids is 2. The zero-order chi connectivity index (χ0) is 20.2. The molecule has 0 fully saturated rings. The summed E-state index contributed by atoms with van der Waals surface area (Å²) in [6.45, 7) is 6.77. The number of para-hydroxylation sites is 1. The van der Waals surface area contributed by atoms with Crippen LogP contribution in [0.15, 0.2) is 59.8 Å². The molecule has 2 aliphatic heterocycles. The topological polar surface area (TPSA) is 53.0 Å². The van der Waals surface area contributed by atoms with E-state index in [4.69, 9.17) is 0 Å². The van der Waals surface area contributed by atoms with Crippen molar-refractivity contribution in [3.63, 3.8) is 0 Å². The van der Waals surface area contributed by atoms with Gasteiger partial charge in [0.05, 0.1) is 11.4 Å². The Morgan fingerprint density at radius 1 is 1.11 bits per heavy atom. The lowest BCUT2D eigenvalue weighted by atomic mass is 10.1. The summed E-state index contributed by atoms with van der Waals surface area (Å²) in [5.41, 5.74) is 1.47. The van der Waals surface area contributed by atoms with Crippen molar-refractivity contribution in [2.24, 2.45) is 5.10 Å². The summed E-state index contributed by atoms with van der Waals surface area (Å²) in [6, 6.07) is 10.1. The Hall–Kier alpha value is -3.00. The summed E-state index contributed by atoms with van der Waals surface area (Å²) < 4.78 is 28.1. The summed E-state index contributed by atoms with van der Waals surface area (Å²) in [4.78, 5) is 24.9. The predicted octanol–water partition coefficient (Wildman–Crippen LogP) is 3.95. The average Bonchev–Trinajstić information content (AvgIpc) is 3.16. The maximum Gasteiger partial charge on any atom is 0.241 e. The van der Waals surface area contributed by atoms with Gasteiger partial charge in [0, 0.05) is 25.0 Å². The van der Waals surface area contributed by atoms with Gasteiger partial charge >= 0.3 is 0 Å². The van der Waals surface area contributed by atoms with Crippen LogP contribution in [0.1, 0.15) is 25.0 Å². The molecule has 1 atom stereocenters. The summed E-state index contributed by atoms with van der Waals surface area (Å²) in [5, 5.41) is 5.61. The molecule has 2 aromatic rings. The van der Waals surface area contributed by atoms with E-state index in [9.17, 15) is 18.4 Å². The van der Waals surface area contributed by atoms with Crippen LogP contribution in [0.4, 0.5) is 14.5 Å². The van der Waals surface area contributed by atoms with Crippen molar-refractivity contribution in [2.45, 2.75) is 18.7 Å². The molecule has 1 unspecified atom stereocenters. The first-order valence-corrected chi connectivity index (χ1v) is 9.22. The predicted molar refractivity (Wildman–Crippen MR) is 103 cm³/mol. The number of hydrazone groups is 1. The number of hydrogen-bond donors (Lipinski definition) is 0. The van der Waals surface area contributed by atoms with Crippen molar-refractivity contribution in [1.82, 2.24) is 5.01 Å². The number of hydrogen-bond acceptors (Lipinski definition) is 4. The molecule has 0 bridgehead atoms. The Bertz CT molecular complexity index is 1080. The molecule has 0 saturated carbocycles. The van der Waals surface area contributed by atoms with Crippen LogP contribution in [0.25, 0.3) is 0 Å². The number of benzene rings is 2. The van der Waals surface area contributed by atoms with E-state index in [1.807, 2.05) is 0 Å². The Labute approximate surface area is 164 Å². The summed E-state index contributed by atoms with van der Waals surface area (Å²) in [7, 11) is 0. The largest absolute Gasteiger partial charge is 0.282 e. The van der Waals surface area contributed by atoms with Gasteiger partial charge in [-0.05, 0) is 24.3 Å². The summed E-state index contributed by atoms with van der Waals surface area (Å²) in [5.74, 6) is -1.97. The second-order valence-electron chi connectivity index (χ2n) is 6.42. The number of nitrogens with zero attached hydrogens (tertiary/aromatic N) is 3. The maximum atomic E-state index is 14.4. The van der Waals surface area contributed by atoms with Gasteiger partial charge in [0.25, 0.3) is 0 Å². The van der Waals surface area contributed by atoms with Crippen LogP contribution < -0.4 is 4.90 Å². The van der Waals surface area contributed by atoms with E-state index in [2.05, 4.69) is 11.7 Å². The molecule has 142 valence electrons. The van der Waals surface area contributed by atoms with Gasteiger partial charge in [-0.15, -0.1) is 0 Å². The molecule has 0 radical (unpaired) electrons. The van der Waals surface area contributed by atoms with Crippen molar-refractivity contribution >= 4 is 34.3 Å². The molecule has 28 heavy (non-hydrogen) atoms. The van der Waals surface area contributed by atoms with E-state index < -0.39 is 22.4 Å². The lowest BCUT2D eigenvalue weighted by Crippen LogP contribution is -2.42. The van der Waals surface area contributed by atoms with Crippen molar-refractivity contribution in [3.05, 3.63) is 77.5 Å². The Kier molecular flexibility index (Phi) is 4.11. The van der Waals surface area contributed by atoms with Crippen molar-refractivity contribution in [3.8, 4) is 0 Å². The second kappa shape index (κ2) is 6.27. The van der Waals surface area contributed by atoms with Crippen LogP contribution in [-0.4, -0.2) is 21.9 Å². The minimum atomic E-state index is -1.25. The molecule has 8 heteroatoms. The minimum Gasteiger partial charge on any atom is -0.282 e. The molecule has 2 heterocycles. The van der Waals surface area contributed by atoms with Gasteiger partial charge in [0.1, 0.15) is 16.7 Å². The second-order valence-corrected chi connectivity index (χ2v) is 7.61. The normalized spacial score (nSPS) is 20.6. The summed E-state index contributed by atoms with van der Waals surface area (Å²) in [6.07, 6.45) is 0. The third kappa shape index (κ3) is 2.41. The standard InChI is InChI=1S/C20H15F2N3O2S/c1-11-20(16-6-4-5-7-18(16)24(11)12(2)26)25(13(3)27)23-19(28-20)15-10-14(21)8-9-17(15)22/h4-10H,1H2,2-3H3. The van der Waals surface area contributed by atoms with Gasteiger partial charge in [-0.2, -0.15) is 5.10 Å². The molecule has 0 aliphatic carbocycles. The molecular weight excluding hydrogens is 384 g/mol. The molecular formula is C20H15F2N3O2S. The molecule has 0 aromatic heterocycles. The highest BCUT2D eigenvalue weighted by molar-refractivity contribution is 8.15. The number of fused-ring (bicyclic) bond motifs is 2. The number of halogens is 2. The van der Waals surface area contributed by atoms with E-state index in [1.54, 1.807) is 24.3 Å². The fraction of sp³-hybridized carbons (Fsp3) is 0.150. The molecule has 5 nitrogen and oxygen atoms in total. The molecule has 4 rings (SSSR count). The monoisotopic (exact) mass is 399 g/mol. The maximum absolute atomic E-state index is 14.4. The molecule has 1 spiro atoms. The zero-order valence-corrected chi connectivity index (χ0v) is 15.9. The van der Waals surface area contributed by atoms with Gasteiger partial charge in [-0.3, -0.25) is 14.5 Å². The third-order valence-electron chi connectivity index (χ3n) is 4.68. The van der Waals surface area contributed by atoms with E-state index in [-0.39, 0.29) is 16.5 Å². The zero-order valence-electron chi connectivity index (χ0n) is 15.1. The van der Waals surface area contributed by atoms with E-state index in [0.29, 0.717) is 16.9 Å². The lowest BCUT2D eigenvalue weighted by Gasteiger charge is -2.33. The molecule has 0 saturated heterocycles. The van der Waals surface area contributed by atoms with Crippen molar-refractivity contribution < 1.29 is 18.4 Å². The number of anilines is 1. The first-order chi connectivity index (χ1) is 13.3. The van der Waals surface area contributed by atoms with Gasteiger partial charge in [0.15, 0.2) is 4.87 Å². The highest BCUT2D eigenvalue weighted by atomic mass is 32.2. The van der Waals surface area contributed by atoms with Crippen LogP contribution in [0.3, 0.4) is 0 Å². The highest BCUT2D eigenvalue weighted by Gasteiger charge is 2.58. The quantitative estimate of drug-likeness (QED) is 0.730. The Morgan fingerprint density at radius 3 is 2.50 bits per heavy atom. The van der Waals surface area contributed by atoms with Crippen molar-refractivity contribution in [1.29, 1.82) is 0 Å². The molecule has 2 aliphatic rings. The van der Waals surface area contributed by atoms with Gasteiger partial charge in [-0.25, -0.2) is 13.8 Å². The first-order valence-electron chi connectivity index (χ1n) is 8.41. The van der Waals surface area contributed by atoms with Crippen LogP contribution in [0.2, 0.25) is 0 Å². The first kappa shape index (κ1) is 18.4. The van der Waals surface area contributed by atoms with Crippen LogP contribution in [-0.2, 0) is 14.5 Å². The summed E-state index contributed by atoms with van der Waals surface area (Å²) >= 11 is 1.06. The minimum absolute atomic E-state index is 0.0559. The van der Waals surface area contributed by atoms with Gasteiger partial charge in [-0.1, -0.05) is 36.5 Å². The Morgan fingerprint density at radius 2 is 1.82 bits per heavy atom. The molecule has 2 amide bonds. The van der Waals surface area contributed by atoms with Gasteiger partial charge in [0.2, 0.25) is 11.8 Å². The van der Waals surface area contributed by atoms with E-state index >= 15 is 0 Å². The number of thioether (sulfide) groups is 1. The van der Waals surface area contributed by atoms with E-state index in [1.165, 1.54) is 23.8 Å². The fourth-order valence-corrected chi connectivity index (χ4v) is 4.96. The third-order valence-corrected chi connectivity index (χ3v) is 6.10. The lowest BCUT2D eigenvalue weighted by molar-refractivity contribution is -0.131. The highest BCUT2D eigenvalue weighted by Crippen LogP contribution is 2.59. The average molecular weight is 399 g/mol. The number of rotatable bonds is 1. The fourth-order valence-electron chi connectivity index (χ4n) is 3.54. The Balaban J connectivity index is 1.93. The number of carbonyl (C=O) groups is 2. The van der Waals surface area contributed by atoms with Crippen LogP contribution in [0.5, 0.6) is 0 Å². The smallest absolute Gasteiger partial charge is 0.241 e. The van der Waals surface area contributed by atoms with Crippen molar-refractivity contribution in [2.75, 3.05) is 4.90 Å². The van der Waals surface area contributed by atoms with E-state index in [0.717, 1.165) is 30.0 Å². The SMILES string of the molecule is C=C1N(C(C)=O)c2ccccc2C12SC(c1cc(F)ccc1F)=NN2C(C)=O. The van der Waals surface area contributed by atoms with Crippen LogP contribution in [0, 0.1) is 11.6 Å².